The molecule has 1 aromatic heterocycles. The van der Waals surface area contributed by atoms with Crippen LogP contribution in [0.3, 0.4) is 0 Å². The van der Waals surface area contributed by atoms with Gasteiger partial charge in [0.2, 0.25) is 5.91 Å². The first kappa shape index (κ1) is 21.1. The summed E-state index contributed by atoms with van der Waals surface area (Å²) in [5, 5.41) is 8.05. The third kappa shape index (κ3) is 4.49. The smallest absolute Gasteiger partial charge is 0.253 e. The zero-order valence-electron chi connectivity index (χ0n) is 17.6. The van der Waals surface area contributed by atoms with Crippen molar-refractivity contribution in [3.8, 4) is 5.69 Å². The summed E-state index contributed by atoms with van der Waals surface area (Å²) >= 11 is 6.24. The predicted octanol–water partition coefficient (Wildman–Crippen LogP) is 4.63. The van der Waals surface area contributed by atoms with Crippen molar-refractivity contribution < 1.29 is 9.59 Å². The first-order valence-electron chi connectivity index (χ1n) is 10.4. The fraction of sp³-hybridized carbons (Fsp3) is 0.292. The summed E-state index contributed by atoms with van der Waals surface area (Å²) in [7, 11) is 0. The standard InChI is InChI=1S/C24H25ClN4O2/c1-16-22(25)17(2)29(27-16)21-12-10-18(11-13-21)24(31)28-14-6-7-19(15-28)23(30)26-20-8-4-3-5-9-20/h3-5,8-13,19H,6-7,14-15H2,1-2H3,(H,26,30). The average molecular weight is 437 g/mol. The van der Waals surface area contributed by atoms with Crippen molar-refractivity contribution in [2.24, 2.45) is 5.92 Å². The lowest BCUT2D eigenvalue weighted by molar-refractivity contribution is -0.121. The maximum atomic E-state index is 13.0. The van der Waals surface area contributed by atoms with Crippen LogP contribution in [-0.4, -0.2) is 39.6 Å². The number of halogens is 1. The molecule has 0 saturated carbocycles. The minimum atomic E-state index is -0.214. The molecule has 0 aliphatic carbocycles. The van der Waals surface area contributed by atoms with Crippen LogP contribution in [0.1, 0.15) is 34.6 Å². The van der Waals surface area contributed by atoms with Gasteiger partial charge in [-0.25, -0.2) is 4.68 Å². The molecule has 6 nitrogen and oxygen atoms in total. The first-order chi connectivity index (χ1) is 14.9. The maximum Gasteiger partial charge on any atom is 0.253 e. The molecule has 160 valence electrons. The Hall–Kier alpha value is -3.12. The Bertz CT molecular complexity index is 1090. The second-order valence-corrected chi connectivity index (χ2v) is 8.27. The van der Waals surface area contributed by atoms with E-state index in [0.717, 1.165) is 35.6 Å². The molecule has 1 aliphatic heterocycles. The molecule has 1 aliphatic rings. The van der Waals surface area contributed by atoms with E-state index in [4.69, 9.17) is 11.6 Å². The quantitative estimate of drug-likeness (QED) is 0.648. The highest BCUT2D eigenvalue weighted by molar-refractivity contribution is 6.31. The van der Waals surface area contributed by atoms with E-state index in [1.165, 1.54) is 0 Å². The highest BCUT2D eigenvalue weighted by atomic mass is 35.5. The van der Waals surface area contributed by atoms with E-state index in [-0.39, 0.29) is 17.7 Å². The second kappa shape index (κ2) is 8.94. The van der Waals surface area contributed by atoms with Crippen molar-refractivity contribution in [1.82, 2.24) is 14.7 Å². The number of para-hydroxylation sites is 1. The molecule has 3 aromatic rings. The lowest BCUT2D eigenvalue weighted by Gasteiger charge is -2.32. The second-order valence-electron chi connectivity index (χ2n) is 7.89. The number of aromatic nitrogens is 2. The highest BCUT2D eigenvalue weighted by Crippen LogP contribution is 2.24. The number of nitrogens with one attached hydrogen (secondary N) is 1. The first-order valence-corrected chi connectivity index (χ1v) is 10.8. The van der Waals surface area contributed by atoms with E-state index in [0.29, 0.717) is 23.7 Å². The van der Waals surface area contributed by atoms with E-state index >= 15 is 0 Å². The van der Waals surface area contributed by atoms with Crippen LogP contribution in [0.2, 0.25) is 5.02 Å². The molecular formula is C24H25ClN4O2. The number of hydrogen-bond donors (Lipinski definition) is 1. The average Bonchev–Trinajstić information content (AvgIpc) is 3.06. The van der Waals surface area contributed by atoms with E-state index in [1.54, 1.807) is 21.7 Å². The molecular weight excluding hydrogens is 412 g/mol. The Morgan fingerprint density at radius 2 is 1.77 bits per heavy atom. The number of piperidine rings is 1. The molecule has 7 heteroatoms. The van der Waals surface area contributed by atoms with Gasteiger partial charge in [0.1, 0.15) is 0 Å². The van der Waals surface area contributed by atoms with Gasteiger partial charge in [-0.2, -0.15) is 5.10 Å². The van der Waals surface area contributed by atoms with Gasteiger partial charge < -0.3 is 10.2 Å². The number of rotatable bonds is 4. The van der Waals surface area contributed by atoms with Crippen LogP contribution in [0.5, 0.6) is 0 Å². The van der Waals surface area contributed by atoms with Crippen molar-refractivity contribution in [2.75, 3.05) is 18.4 Å². The number of hydrogen-bond acceptors (Lipinski definition) is 3. The lowest BCUT2D eigenvalue weighted by atomic mass is 9.96. The van der Waals surface area contributed by atoms with Crippen LogP contribution in [0.25, 0.3) is 5.69 Å². The van der Waals surface area contributed by atoms with Crippen molar-refractivity contribution >= 4 is 29.1 Å². The van der Waals surface area contributed by atoms with Gasteiger partial charge in [-0.1, -0.05) is 29.8 Å². The number of amides is 2. The van der Waals surface area contributed by atoms with Gasteiger partial charge in [0.05, 0.1) is 28.0 Å². The summed E-state index contributed by atoms with van der Waals surface area (Å²) in [5.74, 6) is -0.315. The fourth-order valence-electron chi connectivity index (χ4n) is 3.94. The summed E-state index contributed by atoms with van der Waals surface area (Å²) < 4.78 is 1.77. The van der Waals surface area contributed by atoms with Crippen molar-refractivity contribution in [1.29, 1.82) is 0 Å². The molecule has 2 heterocycles. The van der Waals surface area contributed by atoms with Crippen LogP contribution >= 0.6 is 11.6 Å². The summed E-state index contributed by atoms with van der Waals surface area (Å²) in [5.41, 5.74) is 3.85. The molecule has 2 aromatic carbocycles. The summed E-state index contributed by atoms with van der Waals surface area (Å²) in [6.45, 7) is 4.86. The van der Waals surface area contributed by atoms with Crippen LogP contribution in [0, 0.1) is 19.8 Å². The Balaban J connectivity index is 1.44. The van der Waals surface area contributed by atoms with Gasteiger partial charge in [0.25, 0.3) is 5.91 Å². The van der Waals surface area contributed by atoms with Crippen molar-refractivity contribution in [3.63, 3.8) is 0 Å². The number of carbonyl (C=O) groups is 2. The Morgan fingerprint density at radius 1 is 1.06 bits per heavy atom. The number of benzene rings is 2. The van der Waals surface area contributed by atoms with Gasteiger partial charge in [-0.05, 0) is 63.1 Å². The fourth-order valence-corrected chi connectivity index (χ4v) is 4.06. The molecule has 1 N–H and O–H groups in total. The SMILES string of the molecule is Cc1nn(-c2ccc(C(=O)N3CCCC(C(=O)Nc4ccccc4)C3)cc2)c(C)c1Cl. The monoisotopic (exact) mass is 436 g/mol. The van der Waals surface area contributed by atoms with Gasteiger partial charge in [-0.3, -0.25) is 9.59 Å². The topological polar surface area (TPSA) is 67.2 Å². The summed E-state index contributed by atoms with van der Waals surface area (Å²) in [4.78, 5) is 27.5. The molecule has 1 saturated heterocycles. The summed E-state index contributed by atoms with van der Waals surface area (Å²) in [6.07, 6.45) is 1.58. The van der Waals surface area contributed by atoms with E-state index < -0.39 is 0 Å². The Kier molecular flexibility index (Phi) is 6.09. The number of likely N-dealkylation sites (tertiary alicyclic amines) is 1. The van der Waals surface area contributed by atoms with Gasteiger partial charge in [-0.15, -0.1) is 0 Å². The zero-order valence-corrected chi connectivity index (χ0v) is 18.4. The van der Waals surface area contributed by atoms with Crippen molar-refractivity contribution in [2.45, 2.75) is 26.7 Å². The number of carbonyl (C=O) groups excluding carboxylic acids is 2. The van der Waals surface area contributed by atoms with Crippen LogP contribution in [0.4, 0.5) is 5.69 Å². The van der Waals surface area contributed by atoms with E-state index in [2.05, 4.69) is 10.4 Å². The molecule has 0 radical (unpaired) electrons. The Labute approximate surface area is 186 Å². The lowest BCUT2D eigenvalue weighted by Crippen LogP contribution is -2.43. The molecule has 0 bridgehead atoms. The van der Waals surface area contributed by atoms with E-state index in [9.17, 15) is 9.59 Å². The molecule has 2 amide bonds. The molecule has 4 rings (SSSR count). The third-order valence-electron chi connectivity index (χ3n) is 5.68. The minimum Gasteiger partial charge on any atom is -0.338 e. The zero-order chi connectivity index (χ0) is 22.0. The number of nitrogens with zero attached hydrogens (tertiary/aromatic N) is 3. The van der Waals surface area contributed by atoms with Crippen LogP contribution in [-0.2, 0) is 4.79 Å². The van der Waals surface area contributed by atoms with Gasteiger partial charge >= 0.3 is 0 Å². The molecule has 1 fully saturated rings. The molecule has 0 spiro atoms. The summed E-state index contributed by atoms with van der Waals surface area (Å²) in [6, 6.07) is 16.7. The predicted molar refractivity (Wildman–Crippen MR) is 122 cm³/mol. The van der Waals surface area contributed by atoms with Crippen LogP contribution in [0.15, 0.2) is 54.6 Å². The van der Waals surface area contributed by atoms with Crippen molar-refractivity contribution in [3.05, 3.63) is 76.6 Å². The molecule has 31 heavy (non-hydrogen) atoms. The number of anilines is 1. The third-order valence-corrected chi connectivity index (χ3v) is 6.23. The van der Waals surface area contributed by atoms with Crippen LogP contribution < -0.4 is 5.32 Å². The minimum absolute atomic E-state index is 0.0412. The largest absolute Gasteiger partial charge is 0.338 e. The van der Waals surface area contributed by atoms with Gasteiger partial charge in [0.15, 0.2) is 0 Å². The number of aryl methyl sites for hydroxylation is 1. The molecule has 1 unspecified atom stereocenters. The Morgan fingerprint density at radius 3 is 2.42 bits per heavy atom. The molecule has 1 atom stereocenters. The van der Waals surface area contributed by atoms with E-state index in [1.807, 2.05) is 56.3 Å². The normalized spacial score (nSPS) is 16.2. The highest BCUT2D eigenvalue weighted by Gasteiger charge is 2.29. The van der Waals surface area contributed by atoms with Gasteiger partial charge in [0, 0.05) is 24.3 Å². The maximum absolute atomic E-state index is 13.0.